The van der Waals surface area contributed by atoms with Gasteiger partial charge >= 0.3 is 5.97 Å². The molecule has 1 rings (SSSR count). The number of ether oxygens (including phenoxy) is 1. The fourth-order valence-corrected chi connectivity index (χ4v) is 1.27. The smallest absolute Gasteiger partial charge is 0.330 e. The first-order valence-corrected chi connectivity index (χ1v) is 4.94. The number of halogens is 2. The maximum absolute atomic E-state index is 13.3. The van der Waals surface area contributed by atoms with Crippen LogP contribution in [0.15, 0.2) is 18.2 Å². The van der Waals surface area contributed by atoms with Crippen molar-refractivity contribution in [3.63, 3.8) is 0 Å². The quantitative estimate of drug-likeness (QED) is 0.759. The molecule has 5 nitrogen and oxygen atoms in total. The van der Waals surface area contributed by atoms with E-state index in [-0.39, 0.29) is 0 Å². The molecular weight excluding hydrogens is 248 g/mol. The van der Waals surface area contributed by atoms with Crippen molar-refractivity contribution in [1.29, 1.82) is 0 Å². The first-order valence-electron chi connectivity index (χ1n) is 4.94. The van der Waals surface area contributed by atoms with E-state index < -0.39 is 41.7 Å². The van der Waals surface area contributed by atoms with Crippen LogP contribution in [0.5, 0.6) is 0 Å². The molecular formula is C11H11F2NO4. The molecule has 0 aliphatic heterocycles. The van der Waals surface area contributed by atoms with Crippen LogP contribution in [0.2, 0.25) is 0 Å². The van der Waals surface area contributed by atoms with E-state index in [1.54, 1.807) is 0 Å². The SMILES string of the molecule is COC(=O)C(CO)NC(=O)c1c(F)cccc1F. The standard InChI is InChI=1S/C11H11F2NO4/c1-18-11(17)8(5-15)14-10(16)9-6(12)3-2-4-7(9)13/h2-4,8,15H,5H2,1H3,(H,14,16). The fraction of sp³-hybridized carbons (Fsp3) is 0.273. The first kappa shape index (κ1) is 14.0. The van der Waals surface area contributed by atoms with Gasteiger partial charge in [-0.05, 0) is 12.1 Å². The van der Waals surface area contributed by atoms with Crippen LogP contribution in [0.1, 0.15) is 10.4 Å². The molecule has 2 N–H and O–H groups in total. The zero-order valence-electron chi connectivity index (χ0n) is 9.44. The van der Waals surface area contributed by atoms with Crippen molar-refractivity contribution < 1.29 is 28.2 Å². The highest BCUT2D eigenvalue weighted by Crippen LogP contribution is 2.11. The zero-order valence-corrected chi connectivity index (χ0v) is 9.44. The Kier molecular flexibility index (Phi) is 4.73. The van der Waals surface area contributed by atoms with Crippen molar-refractivity contribution in [2.75, 3.05) is 13.7 Å². The normalized spacial score (nSPS) is 11.8. The molecule has 0 saturated heterocycles. The van der Waals surface area contributed by atoms with Crippen molar-refractivity contribution in [2.45, 2.75) is 6.04 Å². The lowest BCUT2D eigenvalue weighted by Gasteiger charge is -2.14. The highest BCUT2D eigenvalue weighted by molar-refractivity contribution is 5.97. The summed E-state index contributed by atoms with van der Waals surface area (Å²) in [7, 11) is 1.06. The lowest BCUT2D eigenvalue weighted by molar-refractivity contribution is -0.143. The minimum absolute atomic E-state index is 0.742. The van der Waals surface area contributed by atoms with Crippen LogP contribution in [-0.4, -0.2) is 36.7 Å². The number of aliphatic hydroxyl groups is 1. The van der Waals surface area contributed by atoms with Gasteiger partial charge in [-0.25, -0.2) is 13.6 Å². The second kappa shape index (κ2) is 6.06. The minimum Gasteiger partial charge on any atom is -0.467 e. The molecule has 1 aromatic rings. The minimum atomic E-state index is -1.37. The second-order valence-corrected chi connectivity index (χ2v) is 3.33. The monoisotopic (exact) mass is 259 g/mol. The van der Waals surface area contributed by atoms with Crippen molar-refractivity contribution >= 4 is 11.9 Å². The summed E-state index contributed by atoms with van der Waals surface area (Å²) >= 11 is 0. The molecule has 0 spiro atoms. The van der Waals surface area contributed by atoms with Crippen molar-refractivity contribution in [2.24, 2.45) is 0 Å². The molecule has 1 aromatic carbocycles. The Hall–Kier alpha value is -2.02. The molecule has 1 unspecified atom stereocenters. The van der Waals surface area contributed by atoms with Crippen LogP contribution < -0.4 is 5.32 Å². The zero-order chi connectivity index (χ0) is 13.7. The number of carbonyl (C=O) groups excluding carboxylic acids is 2. The topological polar surface area (TPSA) is 75.6 Å². The van der Waals surface area contributed by atoms with Crippen LogP contribution in [0.4, 0.5) is 8.78 Å². The summed E-state index contributed by atoms with van der Waals surface area (Å²) in [6.45, 7) is -0.742. The lowest BCUT2D eigenvalue weighted by atomic mass is 10.1. The van der Waals surface area contributed by atoms with Crippen LogP contribution in [0.25, 0.3) is 0 Å². The molecule has 0 aliphatic rings. The van der Waals surface area contributed by atoms with Crippen LogP contribution in [-0.2, 0) is 9.53 Å². The molecule has 1 amide bonds. The predicted octanol–water partition coefficient (Wildman–Crippen LogP) is 0.228. The number of hydrogen-bond acceptors (Lipinski definition) is 4. The molecule has 0 heterocycles. The van der Waals surface area contributed by atoms with Gasteiger partial charge < -0.3 is 15.2 Å². The third-order valence-electron chi connectivity index (χ3n) is 2.16. The van der Waals surface area contributed by atoms with Crippen LogP contribution in [0.3, 0.4) is 0 Å². The van der Waals surface area contributed by atoms with Crippen molar-refractivity contribution in [3.8, 4) is 0 Å². The van der Waals surface area contributed by atoms with Crippen molar-refractivity contribution in [3.05, 3.63) is 35.4 Å². The number of amides is 1. The van der Waals surface area contributed by atoms with Gasteiger partial charge in [-0.3, -0.25) is 4.79 Å². The summed E-state index contributed by atoms with van der Waals surface area (Å²) in [4.78, 5) is 22.7. The van der Waals surface area contributed by atoms with Gasteiger partial charge in [0.1, 0.15) is 17.2 Å². The Morgan fingerprint density at radius 2 is 1.94 bits per heavy atom. The van der Waals surface area contributed by atoms with Gasteiger partial charge in [0.2, 0.25) is 0 Å². The molecule has 98 valence electrons. The number of benzene rings is 1. The molecule has 0 fully saturated rings. The maximum atomic E-state index is 13.3. The van der Waals surface area contributed by atoms with E-state index >= 15 is 0 Å². The van der Waals surface area contributed by atoms with Gasteiger partial charge in [0.15, 0.2) is 6.04 Å². The summed E-state index contributed by atoms with van der Waals surface area (Å²) in [5.74, 6) is -4.18. The maximum Gasteiger partial charge on any atom is 0.330 e. The Morgan fingerprint density at radius 1 is 1.39 bits per heavy atom. The van der Waals surface area contributed by atoms with Gasteiger partial charge in [-0.1, -0.05) is 6.07 Å². The van der Waals surface area contributed by atoms with Gasteiger partial charge in [0.25, 0.3) is 5.91 Å². The molecule has 0 radical (unpaired) electrons. The fourth-order valence-electron chi connectivity index (χ4n) is 1.27. The summed E-state index contributed by atoms with van der Waals surface area (Å²) in [5, 5.41) is 10.8. The van der Waals surface area contributed by atoms with Gasteiger partial charge in [0.05, 0.1) is 13.7 Å². The van der Waals surface area contributed by atoms with Crippen molar-refractivity contribution in [1.82, 2.24) is 5.32 Å². The van der Waals surface area contributed by atoms with E-state index in [0.717, 1.165) is 25.3 Å². The molecule has 18 heavy (non-hydrogen) atoms. The number of carbonyl (C=O) groups is 2. The molecule has 0 saturated carbocycles. The summed E-state index contributed by atoms with van der Waals surface area (Å²) in [5.41, 5.74) is -0.820. The summed E-state index contributed by atoms with van der Waals surface area (Å²) in [6.07, 6.45) is 0. The van der Waals surface area contributed by atoms with E-state index in [9.17, 15) is 18.4 Å². The average molecular weight is 259 g/mol. The summed E-state index contributed by atoms with van der Waals surface area (Å²) in [6, 6.07) is 1.54. The van der Waals surface area contributed by atoms with Crippen LogP contribution in [0, 0.1) is 11.6 Å². The van der Waals surface area contributed by atoms with E-state index in [0.29, 0.717) is 0 Å². The van der Waals surface area contributed by atoms with Crippen LogP contribution >= 0.6 is 0 Å². The number of nitrogens with one attached hydrogen (secondary N) is 1. The van der Waals surface area contributed by atoms with E-state index in [1.807, 2.05) is 5.32 Å². The van der Waals surface area contributed by atoms with E-state index in [4.69, 9.17) is 5.11 Å². The third kappa shape index (κ3) is 3.01. The Balaban J connectivity index is 2.91. The molecule has 0 aliphatic carbocycles. The molecule has 1 atom stereocenters. The van der Waals surface area contributed by atoms with Gasteiger partial charge in [0, 0.05) is 0 Å². The second-order valence-electron chi connectivity index (χ2n) is 3.33. The first-order chi connectivity index (χ1) is 8.51. The largest absolute Gasteiger partial charge is 0.467 e. The number of rotatable bonds is 4. The third-order valence-corrected chi connectivity index (χ3v) is 2.16. The molecule has 0 aromatic heterocycles. The molecule has 0 bridgehead atoms. The average Bonchev–Trinajstić information content (AvgIpc) is 2.34. The highest BCUT2D eigenvalue weighted by Gasteiger charge is 2.24. The predicted molar refractivity (Wildman–Crippen MR) is 56.7 cm³/mol. The highest BCUT2D eigenvalue weighted by atomic mass is 19.1. The summed E-state index contributed by atoms with van der Waals surface area (Å²) < 4.78 is 30.8. The number of methoxy groups -OCH3 is 1. The lowest BCUT2D eigenvalue weighted by Crippen LogP contribution is -2.44. The molecule has 7 heteroatoms. The van der Waals surface area contributed by atoms with Gasteiger partial charge in [-0.2, -0.15) is 0 Å². The Bertz CT molecular complexity index is 444. The Morgan fingerprint density at radius 3 is 2.39 bits per heavy atom. The number of hydrogen-bond donors (Lipinski definition) is 2. The van der Waals surface area contributed by atoms with Gasteiger partial charge in [-0.15, -0.1) is 0 Å². The Labute approximate surface area is 101 Å². The van der Waals surface area contributed by atoms with E-state index in [2.05, 4.69) is 4.74 Å². The number of aliphatic hydroxyl groups excluding tert-OH is 1. The van der Waals surface area contributed by atoms with E-state index in [1.165, 1.54) is 0 Å². The number of esters is 1.